The van der Waals surface area contributed by atoms with E-state index < -0.39 is 0 Å². The van der Waals surface area contributed by atoms with Gasteiger partial charge in [-0.3, -0.25) is 4.79 Å². The van der Waals surface area contributed by atoms with Crippen LogP contribution < -0.4 is 0 Å². The minimum absolute atomic E-state index is 0.0539. The molecular weight excluding hydrogens is 212 g/mol. The summed E-state index contributed by atoms with van der Waals surface area (Å²) in [4.78, 5) is 12.1. The Morgan fingerprint density at radius 2 is 1.82 bits per heavy atom. The van der Waals surface area contributed by atoms with Crippen LogP contribution in [0.2, 0.25) is 0 Å². The van der Waals surface area contributed by atoms with Gasteiger partial charge in [0, 0.05) is 5.56 Å². The zero-order chi connectivity index (χ0) is 12.3. The van der Waals surface area contributed by atoms with Gasteiger partial charge < -0.3 is 5.11 Å². The average molecular weight is 226 g/mol. The first-order valence-electron chi connectivity index (χ1n) is 5.64. The van der Waals surface area contributed by atoms with Gasteiger partial charge in [-0.25, -0.2) is 0 Å². The van der Waals surface area contributed by atoms with Crippen LogP contribution in [0.25, 0.3) is 0 Å². The van der Waals surface area contributed by atoms with Gasteiger partial charge in [-0.1, -0.05) is 43.3 Å². The topological polar surface area (TPSA) is 37.3 Å². The standard InChI is InChI=1S/C15H14O2/c1-2-11-8-9-13(14(16)10-11)15(17)12-6-4-3-5-7-12/h3-10,16H,2H2,1H3. The molecule has 0 aliphatic carbocycles. The second-order valence-corrected chi connectivity index (χ2v) is 3.90. The Bertz CT molecular complexity index is 530. The van der Waals surface area contributed by atoms with Crippen molar-refractivity contribution in [3.05, 3.63) is 65.2 Å². The number of ketones is 1. The summed E-state index contributed by atoms with van der Waals surface area (Å²) in [5.41, 5.74) is 1.97. The van der Waals surface area contributed by atoms with Gasteiger partial charge >= 0.3 is 0 Å². The summed E-state index contributed by atoms with van der Waals surface area (Å²) in [6.07, 6.45) is 0.841. The molecule has 0 amide bonds. The van der Waals surface area contributed by atoms with Crippen molar-refractivity contribution >= 4 is 5.78 Å². The molecule has 0 aromatic heterocycles. The maximum Gasteiger partial charge on any atom is 0.196 e. The van der Waals surface area contributed by atoms with E-state index in [2.05, 4.69) is 0 Å². The monoisotopic (exact) mass is 226 g/mol. The molecule has 0 atom stereocenters. The summed E-state index contributed by atoms with van der Waals surface area (Å²) in [6, 6.07) is 14.2. The van der Waals surface area contributed by atoms with E-state index in [4.69, 9.17) is 0 Å². The number of aromatic hydroxyl groups is 1. The lowest BCUT2D eigenvalue weighted by atomic mass is 10.0. The molecule has 86 valence electrons. The first kappa shape index (κ1) is 11.4. The van der Waals surface area contributed by atoms with Crippen molar-refractivity contribution in [3.8, 4) is 5.75 Å². The molecule has 0 heterocycles. The lowest BCUT2D eigenvalue weighted by Crippen LogP contribution is -2.01. The highest BCUT2D eigenvalue weighted by atomic mass is 16.3. The molecule has 2 rings (SSSR count). The van der Waals surface area contributed by atoms with Crippen LogP contribution >= 0.6 is 0 Å². The quantitative estimate of drug-likeness (QED) is 0.816. The zero-order valence-electron chi connectivity index (χ0n) is 9.68. The highest BCUT2D eigenvalue weighted by Crippen LogP contribution is 2.22. The van der Waals surface area contributed by atoms with Crippen LogP contribution in [-0.4, -0.2) is 10.9 Å². The number of aryl methyl sites for hydroxylation is 1. The highest BCUT2D eigenvalue weighted by Gasteiger charge is 2.12. The van der Waals surface area contributed by atoms with Crippen LogP contribution in [0, 0.1) is 0 Å². The number of phenolic OH excluding ortho intramolecular Hbond substituents is 1. The van der Waals surface area contributed by atoms with Gasteiger partial charge in [0.2, 0.25) is 0 Å². The minimum Gasteiger partial charge on any atom is -0.507 e. The first-order valence-corrected chi connectivity index (χ1v) is 5.64. The summed E-state index contributed by atoms with van der Waals surface area (Å²) in [5.74, 6) is -0.0936. The molecule has 0 aliphatic rings. The molecular formula is C15H14O2. The molecule has 2 nitrogen and oxygen atoms in total. The molecule has 0 saturated heterocycles. The van der Waals surface area contributed by atoms with Crippen molar-refractivity contribution in [3.63, 3.8) is 0 Å². The van der Waals surface area contributed by atoms with E-state index >= 15 is 0 Å². The Morgan fingerprint density at radius 3 is 2.41 bits per heavy atom. The number of phenols is 1. The Labute approximate surface area is 101 Å². The summed E-state index contributed by atoms with van der Waals surface area (Å²) in [5, 5.41) is 9.83. The lowest BCUT2D eigenvalue weighted by molar-refractivity contribution is 0.103. The molecule has 0 spiro atoms. The third-order valence-corrected chi connectivity index (χ3v) is 2.75. The van der Waals surface area contributed by atoms with E-state index in [1.807, 2.05) is 31.2 Å². The van der Waals surface area contributed by atoms with Crippen molar-refractivity contribution in [1.82, 2.24) is 0 Å². The van der Waals surface area contributed by atoms with Crippen molar-refractivity contribution in [2.24, 2.45) is 0 Å². The number of carbonyl (C=O) groups is 1. The second kappa shape index (κ2) is 4.83. The molecule has 0 fully saturated rings. The van der Waals surface area contributed by atoms with Crippen molar-refractivity contribution < 1.29 is 9.90 Å². The van der Waals surface area contributed by atoms with Crippen LogP contribution in [0.1, 0.15) is 28.4 Å². The molecule has 0 bridgehead atoms. The van der Waals surface area contributed by atoms with Crippen LogP contribution in [-0.2, 0) is 6.42 Å². The highest BCUT2D eigenvalue weighted by molar-refractivity contribution is 6.10. The summed E-state index contributed by atoms with van der Waals surface area (Å²) in [7, 11) is 0. The maximum absolute atomic E-state index is 12.1. The normalized spacial score (nSPS) is 10.2. The fraction of sp³-hybridized carbons (Fsp3) is 0.133. The molecule has 0 saturated carbocycles. The third-order valence-electron chi connectivity index (χ3n) is 2.75. The molecule has 0 radical (unpaired) electrons. The summed E-state index contributed by atoms with van der Waals surface area (Å²) in [6.45, 7) is 2.01. The Kier molecular flexibility index (Phi) is 3.24. The van der Waals surface area contributed by atoms with Crippen LogP contribution in [0.3, 0.4) is 0 Å². The number of carbonyl (C=O) groups excluding carboxylic acids is 1. The molecule has 1 N–H and O–H groups in total. The number of rotatable bonds is 3. The molecule has 0 unspecified atom stereocenters. The Hall–Kier alpha value is -2.09. The van der Waals surface area contributed by atoms with Gasteiger partial charge in [0.1, 0.15) is 5.75 Å². The van der Waals surface area contributed by atoms with E-state index in [1.54, 1.807) is 24.3 Å². The van der Waals surface area contributed by atoms with E-state index in [0.717, 1.165) is 12.0 Å². The van der Waals surface area contributed by atoms with E-state index in [1.165, 1.54) is 0 Å². The van der Waals surface area contributed by atoms with Crippen molar-refractivity contribution in [1.29, 1.82) is 0 Å². The van der Waals surface area contributed by atoms with Crippen LogP contribution in [0.15, 0.2) is 48.5 Å². The van der Waals surface area contributed by atoms with E-state index in [-0.39, 0.29) is 11.5 Å². The lowest BCUT2D eigenvalue weighted by Gasteiger charge is -2.05. The van der Waals surface area contributed by atoms with Gasteiger partial charge in [-0.15, -0.1) is 0 Å². The molecule has 17 heavy (non-hydrogen) atoms. The smallest absolute Gasteiger partial charge is 0.196 e. The molecule has 2 heteroatoms. The van der Waals surface area contributed by atoms with Gasteiger partial charge in [-0.2, -0.15) is 0 Å². The predicted molar refractivity (Wildman–Crippen MR) is 67.4 cm³/mol. The largest absolute Gasteiger partial charge is 0.507 e. The van der Waals surface area contributed by atoms with Crippen LogP contribution in [0.4, 0.5) is 0 Å². The number of hydrogen-bond donors (Lipinski definition) is 1. The minimum atomic E-state index is -0.147. The summed E-state index contributed by atoms with van der Waals surface area (Å²) < 4.78 is 0. The first-order chi connectivity index (χ1) is 8.22. The Balaban J connectivity index is 2.38. The van der Waals surface area contributed by atoms with Crippen LogP contribution in [0.5, 0.6) is 5.75 Å². The zero-order valence-corrected chi connectivity index (χ0v) is 9.68. The van der Waals surface area contributed by atoms with Gasteiger partial charge in [-0.05, 0) is 24.1 Å². The van der Waals surface area contributed by atoms with Gasteiger partial charge in [0.05, 0.1) is 5.56 Å². The van der Waals surface area contributed by atoms with Crippen molar-refractivity contribution in [2.75, 3.05) is 0 Å². The fourth-order valence-corrected chi connectivity index (χ4v) is 1.73. The Morgan fingerprint density at radius 1 is 1.12 bits per heavy atom. The molecule has 0 aliphatic heterocycles. The third kappa shape index (κ3) is 2.36. The number of benzene rings is 2. The fourth-order valence-electron chi connectivity index (χ4n) is 1.73. The van der Waals surface area contributed by atoms with Gasteiger partial charge in [0.15, 0.2) is 5.78 Å². The van der Waals surface area contributed by atoms with Gasteiger partial charge in [0.25, 0.3) is 0 Å². The SMILES string of the molecule is CCc1ccc(C(=O)c2ccccc2)c(O)c1. The average Bonchev–Trinajstić information content (AvgIpc) is 2.39. The maximum atomic E-state index is 12.1. The van der Waals surface area contributed by atoms with E-state index in [0.29, 0.717) is 11.1 Å². The summed E-state index contributed by atoms with van der Waals surface area (Å²) >= 11 is 0. The molecule has 2 aromatic rings. The second-order valence-electron chi connectivity index (χ2n) is 3.90. The number of hydrogen-bond acceptors (Lipinski definition) is 2. The molecule has 2 aromatic carbocycles. The van der Waals surface area contributed by atoms with Crippen molar-refractivity contribution in [2.45, 2.75) is 13.3 Å². The van der Waals surface area contributed by atoms with E-state index in [9.17, 15) is 9.90 Å². The predicted octanol–water partition coefficient (Wildman–Crippen LogP) is 3.19.